The number of ether oxygens (including phenoxy) is 2. The molecule has 1 N–H and O–H groups in total. The van der Waals surface area contributed by atoms with E-state index >= 15 is 0 Å². The molecule has 21 heavy (non-hydrogen) atoms. The summed E-state index contributed by atoms with van der Waals surface area (Å²) >= 11 is 0. The summed E-state index contributed by atoms with van der Waals surface area (Å²) in [5, 5.41) is 11.4. The van der Waals surface area contributed by atoms with Crippen LogP contribution in [0.3, 0.4) is 0 Å². The third-order valence-corrected chi connectivity index (χ3v) is 3.19. The number of rotatable bonds is 7. The highest BCUT2D eigenvalue weighted by atomic mass is 16.5. The van der Waals surface area contributed by atoms with Gasteiger partial charge >= 0.3 is 0 Å². The molecule has 0 radical (unpaired) electrons. The van der Waals surface area contributed by atoms with E-state index in [4.69, 9.17) is 9.47 Å². The molecule has 0 unspecified atom stereocenters. The van der Waals surface area contributed by atoms with E-state index in [2.05, 4.69) is 15.5 Å². The second kappa shape index (κ2) is 7.47. The van der Waals surface area contributed by atoms with E-state index in [1.807, 2.05) is 44.2 Å². The zero-order valence-corrected chi connectivity index (χ0v) is 12.7. The fourth-order valence-corrected chi connectivity index (χ4v) is 1.78. The van der Waals surface area contributed by atoms with Gasteiger partial charge in [0.15, 0.2) is 0 Å². The zero-order chi connectivity index (χ0) is 15.1. The van der Waals surface area contributed by atoms with Gasteiger partial charge in [-0.2, -0.15) is 5.10 Å². The van der Waals surface area contributed by atoms with Crippen molar-refractivity contribution in [1.82, 2.24) is 10.2 Å². The van der Waals surface area contributed by atoms with Gasteiger partial charge in [-0.25, -0.2) is 0 Å². The lowest BCUT2D eigenvalue weighted by Crippen LogP contribution is -2.09. The summed E-state index contributed by atoms with van der Waals surface area (Å²) < 4.78 is 10.8. The highest BCUT2D eigenvalue weighted by molar-refractivity contribution is 5.37. The van der Waals surface area contributed by atoms with Gasteiger partial charge in [0.25, 0.3) is 0 Å². The van der Waals surface area contributed by atoms with Crippen LogP contribution < -0.4 is 14.8 Å². The Balaban J connectivity index is 1.68. The lowest BCUT2D eigenvalue weighted by atomic mass is 10.2. The van der Waals surface area contributed by atoms with Crippen molar-refractivity contribution < 1.29 is 9.47 Å². The third-order valence-electron chi connectivity index (χ3n) is 3.19. The maximum absolute atomic E-state index is 5.65. The van der Waals surface area contributed by atoms with Gasteiger partial charge in [0.1, 0.15) is 17.3 Å². The lowest BCUT2D eigenvalue weighted by molar-refractivity contribution is 0.314. The van der Waals surface area contributed by atoms with Crippen molar-refractivity contribution in [3.63, 3.8) is 0 Å². The minimum atomic E-state index is 0.650. The van der Waals surface area contributed by atoms with Crippen LogP contribution in [0.1, 0.15) is 17.7 Å². The standard InChI is InChI=1S/C16H21N3O2/c1-12-11-16(19-18-13(12)2)17-9-4-10-21-15-7-5-14(20-3)6-8-15/h5-8,11H,4,9-10H2,1-3H3,(H,17,19). The molecule has 5 nitrogen and oxygen atoms in total. The van der Waals surface area contributed by atoms with Gasteiger partial charge in [-0.15, -0.1) is 5.10 Å². The Kier molecular flexibility index (Phi) is 5.37. The van der Waals surface area contributed by atoms with Crippen molar-refractivity contribution in [2.45, 2.75) is 20.3 Å². The minimum Gasteiger partial charge on any atom is -0.497 e. The molecule has 0 fully saturated rings. The number of hydrogen-bond donors (Lipinski definition) is 1. The quantitative estimate of drug-likeness (QED) is 0.793. The lowest BCUT2D eigenvalue weighted by Gasteiger charge is -2.08. The first kappa shape index (κ1) is 15.1. The predicted molar refractivity (Wildman–Crippen MR) is 83.1 cm³/mol. The second-order valence-electron chi connectivity index (χ2n) is 4.80. The van der Waals surface area contributed by atoms with E-state index < -0.39 is 0 Å². The first-order chi connectivity index (χ1) is 10.2. The first-order valence-corrected chi connectivity index (χ1v) is 7.00. The molecule has 2 rings (SSSR count). The van der Waals surface area contributed by atoms with E-state index in [9.17, 15) is 0 Å². The van der Waals surface area contributed by atoms with Crippen molar-refractivity contribution in [3.05, 3.63) is 41.6 Å². The van der Waals surface area contributed by atoms with Crippen LogP contribution in [0.25, 0.3) is 0 Å². The number of nitrogens with zero attached hydrogens (tertiary/aromatic N) is 2. The maximum Gasteiger partial charge on any atom is 0.148 e. The van der Waals surface area contributed by atoms with Gasteiger partial charge in [-0.3, -0.25) is 0 Å². The molecular formula is C16H21N3O2. The average molecular weight is 287 g/mol. The van der Waals surface area contributed by atoms with Gasteiger partial charge in [0, 0.05) is 6.54 Å². The molecule has 1 aromatic heterocycles. The van der Waals surface area contributed by atoms with Gasteiger partial charge in [0.05, 0.1) is 19.4 Å². The summed E-state index contributed by atoms with van der Waals surface area (Å²) in [5.41, 5.74) is 2.10. The van der Waals surface area contributed by atoms with Crippen molar-refractivity contribution in [3.8, 4) is 11.5 Å². The van der Waals surface area contributed by atoms with E-state index in [0.29, 0.717) is 6.61 Å². The van der Waals surface area contributed by atoms with E-state index in [1.54, 1.807) is 7.11 Å². The Hall–Kier alpha value is -2.30. The summed E-state index contributed by atoms with van der Waals surface area (Å²) in [4.78, 5) is 0. The topological polar surface area (TPSA) is 56.3 Å². The zero-order valence-electron chi connectivity index (χ0n) is 12.7. The molecule has 0 bridgehead atoms. The number of benzene rings is 1. The summed E-state index contributed by atoms with van der Waals surface area (Å²) in [6, 6.07) is 9.59. The van der Waals surface area contributed by atoms with Gasteiger partial charge in [-0.05, 0) is 56.2 Å². The Morgan fingerprint density at radius 2 is 1.76 bits per heavy atom. The molecule has 0 atom stereocenters. The number of aryl methyl sites for hydroxylation is 2. The Labute approximate surface area is 125 Å². The summed E-state index contributed by atoms with van der Waals surface area (Å²) in [5.74, 6) is 2.49. The number of hydrogen-bond acceptors (Lipinski definition) is 5. The number of methoxy groups -OCH3 is 1. The van der Waals surface area contributed by atoms with Crippen molar-refractivity contribution in [2.75, 3.05) is 25.6 Å². The third kappa shape index (κ3) is 4.63. The van der Waals surface area contributed by atoms with E-state index in [1.165, 1.54) is 0 Å². The van der Waals surface area contributed by atoms with Crippen LogP contribution in [0.15, 0.2) is 30.3 Å². The molecule has 5 heteroatoms. The fourth-order valence-electron chi connectivity index (χ4n) is 1.78. The fraction of sp³-hybridized carbons (Fsp3) is 0.375. The first-order valence-electron chi connectivity index (χ1n) is 7.00. The molecule has 0 aliphatic rings. The Bertz CT molecular complexity index is 570. The molecule has 0 saturated heterocycles. The largest absolute Gasteiger partial charge is 0.497 e. The highest BCUT2D eigenvalue weighted by Crippen LogP contribution is 2.17. The molecule has 112 valence electrons. The Morgan fingerprint density at radius 3 is 2.43 bits per heavy atom. The maximum atomic E-state index is 5.65. The summed E-state index contributed by atoms with van der Waals surface area (Å²) in [7, 11) is 1.65. The van der Waals surface area contributed by atoms with Crippen LogP contribution in [0.2, 0.25) is 0 Å². The van der Waals surface area contributed by atoms with Gasteiger partial charge < -0.3 is 14.8 Å². The van der Waals surface area contributed by atoms with Crippen molar-refractivity contribution in [1.29, 1.82) is 0 Å². The van der Waals surface area contributed by atoms with E-state index in [0.717, 1.165) is 41.5 Å². The SMILES string of the molecule is COc1ccc(OCCCNc2cc(C)c(C)nn2)cc1. The van der Waals surface area contributed by atoms with E-state index in [-0.39, 0.29) is 0 Å². The molecule has 1 heterocycles. The smallest absolute Gasteiger partial charge is 0.148 e. The monoisotopic (exact) mass is 287 g/mol. The van der Waals surface area contributed by atoms with Crippen LogP contribution in [-0.4, -0.2) is 30.5 Å². The molecule has 0 saturated carbocycles. The van der Waals surface area contributed by atoms with Gasteiger partial charge in [-0.1, -0.05) is 0 Å². The molecule has 1 aromatic carbocycles. The molecule has 0 aliphatic carbocycles. The second-order valence-corrected chi connectivity index (χ2v) is 4.80. The number of aromatic nitrogens is 2. The van der Waals surface area contributed by atoms with Crippen LogP contribution >= 0.6 is 0 Å². The van der Waals surface area contributed by atoms with Crippen molar-refractivity contribution >= 4 is 5.82 Å². The minimum absolute atomic E-state index is 0.650. The van der Waals surface area contributed by atoms with Crippen LogP contribution in [-0.2, 0) is 0 Å². The van der Waals surface area contributed by atoms with Crippen LogP contribution in [0, 0.1) is 13.8 Å². The normalized spacial score (nSPS) is 10.2. The summed E-state index contributed by atoms with van der Waals surface area (Å²) in [6.07, 6.45) is 0.890. The Morgan fingerprint density at radius 1 is 1.05 bits per heavy atom. The molecular weight excluding hydrogens is 266 g/mol. The van der Waals surface area contributed by atoms with Crippen LogP contribution in [0.4, 0.5) is 5.82 Å². The number of nitrogens with one attached hydrogen (secondary N) is 1. The highest BCUT2D eigenvalue weighted by Gasteiger charge is 1.99. The molecule has 0 aliphatic heterocycles. The van der Waals surface area contributed by atoms with Gasteiger partial charge in [0.2, 0.25) is 0 Å². The predicted octanol–water partition coefficient (Wildman–Crippen LogP) is 2.98. The van der Waals surface area contributed by atoms with Crippen LogP contribution in [0.5, 0.6) is 11.5 Å². The number of anilines is 1. The summed E-state index contributed by atoms with van der Waals surface area (Å²) in [6.45, 7) is 5.43. The molecule has 2 aromatic rings. The average Bonchev–Trinajstić information content (AvgIpc) is 2.51. The molecule has 0 amide bonds. The van der Waals surface area contributed by atoms with Crippen molar-refractivity contribution in [2.24, 2.45) is 0 Å². The molecule has 0 spiro atoms.